The van der Waals surface area contributed by atoms with Gasteiger partial charge in [-0.25, -0.2) is 13.7 Å². The Morgan fingerprint density at radius 2 is 1.48 bits per heavy atom. The number of halogens is 3. The third-order valence-corrected chi connectivity index (χ3v) is 5.11. The number of aryl methyl sites for hydroxylation is 2. The summed E-state index contributed by atoms with van der Waals surface area (Å²) in [6, 6.07) is 14.7. The number of carbonyl (C=O) groups is 2. The number of rotatable bonds is 4. The molecule has 1 heterocycles. The zero-order valence-corrected chi connectivity index (χ0v) is 17.4. The molecule has 0 spiro atoms. The van der Waals surface area contributed by atoms with Crippen molar-refractivity contribution in [3.8, 4) is 0 Å². The van der Waals surface area contributed by atoms with Crippen molar-refractivity contribution in [2.75, 3.05) is 10.2 Å². The molecule has 0 radical (unpaired) electrons. The third-order valence-electron chi connectivity index (χ3n) is 4.86. The molecule has 31 heavy (non-hydrogen) atoms. The van der Waals surface area contributed by atoms with Crippen LogP contribution in [0.4, 0.5) is 20.2 Å². The highest BCUT2D eigenvalue weighted by atomic mass is 35.5. The molecule has 0 saturated heterocycles. The zero-order valence-electron chi connectivity index (χ0n) is 16.7. The molecule has 3 aromatic rings. The van der Waals surface area contributed by atoms with E-state index in [1.165, 1.54) is 0 Å². The van der Waals surface area contributed by atoms with Crippen molar-refractivity contribution in [1.82, 2.24) is 0 Å². The Morgan fingerprint density at radius 3 is 2.10 bits per heavy atom. The van der Waals surface area contributed by atoms with Crippen molar-refractivity contribution in [1.29, 1.82) is 0 Å². The summed E-state index contributed by atoms with van der Waals surface area (Å²) in [4.78, 5) is 27.3. The first kappa shape index (κ1) is 20.8. The average molecular weight is 439 g/mol. The summed E-state index contributed by atoms with van der Waals surface area (Å²) in [5.41, 5.74) is 2.75. The van der Waals surface area contributed by atoms with Crippen LogP contribution in [0.15, 0.2) is 66.4 Å². The predicted octanol–water partition coefficient (Wildman–Crippen LogP) is 5.63. The first-order valence-electron chi connectivity index (χ1n) is 9.44. The number of hydrogen-bond donors (Lipinski definition) is 1. The molecule has 3 aromatic carbocycles. The smallest absolute Gasteiger partial charge is 0.282 e. The van der Waals surface area contributed by atoms with E-state index in [9.17, 15) is 18.4 Å². The van der Waals surface area contributed by atoms with E-state index in [4.69, 9.17) is 11.6 Å². The van der Waals surface area contributed by atoms with E-state index in [1.807, 2.05) is 32.0 Å². The van der Waals surface area contributed by atoms with Crippen LogP contribution in [0.3, 0.4) is 0 Å². The Bertz CT molecular complexity index is 1230. The molecule has 4 nitrogen and oxygen atoms in total. The maximum atomic E-state index is 14.4. The highest BCUT2D eigenvalue weighted by Gasteiger charge is 2.41. The quantitative estimate of drug-likeness (QED) is 0.537. The van der Waals surface area contributed by atoms with Crippen LogP contribution in [0.25, 0.3) is 5.57 Å². The molecule has 0 aliphatic carbocycles. The molecule has 0 aromatic heterocycles. The Kier molecular flexibility index (Phi) is 5.33. The summed E-state index contributed by atoms with van der Waals surface area (Å²) in [6.45, 7) is 3.82. The molecule has 1 N–H and O–H groups in total. The van der Waals surface area contributed by atoms with Crippen molar-refractivity contribution in [3.05, 3.63) is 99.7 Å². The van der Waals surface area contributed by atoms with Crippen molar-refractivity contribution < 1.29 is 18.4 Å². The average Bonchev–Trinajstić information content (AvgIpc) is 2.92. The van der Waals surface area contributed by atoms with Gasteiger partial charge in [0.25, 0.3) is 11.8 Å². The molecule has 0 bridgehead atoms. The zero-order chi connectivity index (χ0) is 22.3. The highest BCUT2D eigenvalue weighted by molar-refractivity contribution is 6.46. The first-order valence-corrected chi connectivity index (χ1v) is 9.82. The molecule has 156 valence electrons. The molecule has 0 unspecified atom stereocenters. The van der Waals surface area contributed by atoms with E-state index in [2.05, 4.69) is 5.32 Å². The molecule has 0 saturated carbocycles. The van der Waals surface area contributed by atoms with Crippen LogP contribution >= 0.6 is 11.6 Å². The second-order valence-electron chi connectivity index (χ2n) is 7.30. The SMILES string of the molecule is Cc1cc(C)cc(NC2=C(c3ccc(Cl)cc3)C(=O)N(c3ccc(F)cc3F)C2=O)c1. The van der Waals surface area contributed by atoms with Crippen molar-refractivity contribution in [2.45, 2.75) is 13.8 Å². The summed E-state index contributed by atoms with van der Waals surface area (Å²) in [7, 11) is 0. The molecule has 0 atom stereocenters. The first-order chi connectivity index (χ1) is 14.7. The van der Waals surface area contributed by atoms with E-state index >= 15 is 0 Å². The third kappa shape index (κ3) is 3.94. The van der Waals surface area contributed by atoms with E-state index in [0.29, 0.717) is 27.2 Å². The lowest BCUT2D eigenvalue weighted by molar-refractivity contribution is -0.120. The number of amides is 2. The molecule has 1 aliphatic rings. The minimum absolute atomic E-state index is 0.000970. The normalized spacial score (nSPS) is 13.9. The van der Waals surface area contributed by atoms with Gasteiger partial charge < -0.3 is 5.32 Å². The number of nitrogens with zero attached hydrogens (tertiary/aromatic N) is 1. The lowest BCUT2D eigenvalue weighted by atomic mass is 10.0. The van der Waals surface area contributed by atoms with E-state index in [1.54, 1.807) is 24.3 Å². The largest absolute Gasteiger partial charge is 0.350 e. The molecule has 4 rings (SSSR count). The second-order valence-corrected chi connectivity index (χ2v) is 7.74. The molecule has 2 amide bonds. The monoisotopic (exact) mass is 438 g/mol. The van der Waals surface area contributed by atoms with Gasteiger partial charge in [0.2, 0.25) is 0 Å². The summed E-state index contributed by atoms with van der Waals surface area (Å²) < 4.78 is 27.8. The van der Waals surface area contributed by atoms with E-state index < -0.39 is 23.4 Å². The molecule has 1 aliphatic heterocycles. The summed E-state index contributed by atoms with van der Waals surface area (Å²) in [5, 5.41) is 3.50. The van der Waals surface area contributed by atoms with Crippen LogP contribution in [0.5, 0.6) is 0 Å². The van der Waals surface area contributed by atoms with E-state index in [-0.39, 0.29) is 17.0 Å². The van der Waals surface area contributed by atoms with Crippen molar-refractivity contribution >= 4 is 40.4 Å². The van der Waals surface area contributed by atoms with Gasteiger partial charge >= 0.3 is 0 Å². The fourth-order valence-corrected chi connectivity index (χ4v) is 3.73. The van der Waals surface area contributed by atoms with Crippen LogP contribution in [-0.4, -0.2) is 11.8 Å². The maximum absolute atomic E-state index is 14.4. The summed E-state index contributed by atoms with van der Waals surface area (Å²) in [5.74, 6) is -3.27. The fourth-order valence-electron chi connectivity index (χ4n) is 3.60. The molecule has 0 fully saturated rings. The molecular formula is C24H17ClF2N2O2. The van der Waals surface area contributed by atoms with Gasteiger partial charge in [0, 0.05) is 16.8 Å². The van der Waals surface area contributed by atoms with Gasteiger partial charge in [-0.15, -0.1) is 0 Å². The number of nitrogens with one attached hydrogen (secondary N) is 1. The van der Waals surface area contributed by atoms with Crippen LogP contribution in [0.1, 0.15) is 16.7 Å². The molecular weight excluding hydrogens is 422 g/mol. The maximum Gasteiger partial charge on any atom is 0.282 e. The van der Waals surface area contributed by atoms with Gasteiger partial charge in [0.15, 0.2) is 0 Å². The minimum Gasteiger partial charge on any atom is -0.350 e. The van der Waals surface area contributed by atoms with Gasteiger partial charge in [-0.3, -0.25) is 9.59 Å². The van der Waals surface area contributed by atoms with Crippen LogP contribution in [-0.2, 0) is 9.59 Å². The van der Waals surface area contributed by atoms with Gasteiger partial charge in [0.1, 0.15) is 17.3 Å². The van der Waals surface area contributed by atoms with E-state index in [0.717, 1.165) is 23.3 Å². The molecule has 7 heteroatoms. The lowest BCUT2D eigenvalue weighted by Gasteiger charge is -2.16. The Morgan fingerprint density at radius 1 is 0.839 bits per heavy atom. The van der Waals surface area contributed by atoms with Gasteiger partial charge in [-0.05, 0) is 66.9 Å². The van der Waals surface area contributed by atoms with Crippen LogP contribution in [0, 0.1) is 25.5 Å². The minimum atomic E-state index is -1.01. The Labute approximate surface area is 182 Å². The summed E-state index contributed by atoms with van der Waals surface area (Å²) >= 11 is 5.97. The van der Waals surface area contributed by atoms with Gasteiger partial charge in [0.05, 0.1) is 11.3 Å². The Hall–Kier alpha value is -3.51. The number of benzene rings is 3. The second kappa shape index (κ2) is 7.96. The Balaban J connectivity index is 1.85. The number of anilines is 2. The standard InChI is InChI=1S/C24H17ClF2N2O2/c1-13-9-14(2)11-18(10-13)28-22-21(15-3-5-16(25)6-4-15)23(30)29(24(22)31)20-8-7-17(26)12-19(20)27/h3-12,28H,1-2H3. The fraction of sp³-hybridized carbons (Fsp3) is 0.0833. The van der Waals surface area contributed by atoms with Crippen LogP contribution in [0.2, 0.25) is 5.02 Å². The number of carbonyl (C=O) groups excluding carboxylic acids is 2. The van der Waals surface area contributed by atoms with Crippen molar-refractivity contribution in [3.63, 3.8) is 0 Å². The lowest BCUT2D eigenvalue weighted by Crippen LogP contribution is -2.33. The van der Waals surface area contributed by atoms with Crippen LogP contribution < -0.4 is 10.2 Å². The predicted molar refractivity (Wildman–Crippen MR) is 117 cm³/mol. The topological polar surface area (TPSA) is 49.4 Å². The van der Waals surface area contributed by atoms with Crippen molar-refractivity contribution in [2.24, 2.45) is 0 Å². The van der Waals surface area contributed by atoms with Gasteiger partial charge in [-0.2, -0.15) is 0 Å². The number of imide groups is 1. The number of hydrogen-bond acceptors (Lipinski definition) is 3. The highest BCUT2D eigenvalue weighted by Crippen LogP contribution is 2.35. The summed E-state index contributed by atoms with van der Waals surface area (Å²) in [6.07, 6.45) is 0. The van der Waals surface area contributed by atoms with Gasteiger partial charge in [-0.1, -0.05) is 29.8 Å².